The number of benzene rings is 4. The third-order valence-electron chi connectivity index (χ3n) is 7.04. The van der Waals surface area contributed by atoms with Gasteiger partial charge in [0, 0.05) is 0 Å². The molecule has 4 aromatic carbocycles. The summed E-state index contributed by atoms with van der Waals surface area (Å²) in [7, 11) is 0. The molecule has 0 fully saturated rings. The molecule has 0 radical (unpaired) electrons. The van der Waals surface area contributed by atoms with E-state index < -0.39 is 0 Å². The first-order chi connectivity index (χ1) is 22.7. The highest BCUT2D eigenvalue weighted by atomic mass is 32.2. The second kappa shape index (κ2) is 18.1. The van der Waals surface area contributed by atoms with Crippen molar-refractivity contribution in [2.24, 2.45) is 0 Å². The van der Waals surface area contributed by atoms with Crippen LogP contribution in [0.25, 0.3) is 0 Å². The van der Waals surface area contributed by atoms with Gasteiger partial charge < -0.3 is 18.9 Å². The van der Waals surface area contributed by atoms with Crippen LogP contribution in [0.2, 0.25) is 0 Å². The lowest BCUT2D eigenvalue weighted by molar-refractivity contribution is 0.294. The van der Waals surface area contributed by atoms with Gasteiger partial charge in [0.1, 0.15) is 23.0 Å². The number of unbranched alkanes of at least 4 members (excludes halogenated alkanes) is 2. The Morgan fingerprint density at radius 1 is 0.348 bits per heavy atom. The van der Waals surface area contributed by atoms with Gasteiger partial charge in [-0.25, -0.2) is 0 Å². The Balaban J connectivity index is 1.72. The molecule has 0 spiro atoms. The quantitative estimate of drug-likeness (QED) is 0.106. The molecule has 0 N–H and O–H groups in total. The molecular weight excluding hydrogens is 649 g/mol. The largest absolute Gasteiger partial charge is 0.491 e. The van der Waals surface area contributed by atoms with Gasteiger partial charge >= 0.3 is 0 Å². The first-order valence-corrected chi connectivity index (χ1v) is 19.7. The van der Waals surface area contributed by atoms with Crippen LogP contribution in [0.5, 0.6) is 23.0 Å². The maximum Gasteiger partial charge on any atom is 0.147 e. The maximum absolute atomic E-state index is 6.59. The molecule has 5 rings (SSSR count). The van der Waals surface area contributed by atoms with Crippen LogP contribution in [0, 0.1) is 0 Å². The Hall–Kier alpha value is -2.52. The third-order valence-corrected chi connectivity index (χ3v) is 11.4. The minimum Gasteiger partial charge on any atom is -0.491 e. The zero-order chi connectivity index (χ0) is 32.1. The molecule has 0 aromatic heterocycles. The minimum absolute atomic E-state index is 0.645. The Morgan fingerprint density at radius 3 is 0.804 bits per heavy atom. The van der Waals surface area contributed by atoms with E-state index in [1.807, 2.05) is 0 Å². The predicted molar refractivity (Wildman–Crippen MR) is 195 cm³/mol. The molecule has 8 bridgehead atoms. The molecule has 0 aliphatic carbocycles. The van der Waals surface area contributed by atoms with Crippen LogP contribution < -0.4 is 18.9 Å². The molecule has 0 amide bonds. The molecule has 1 heterocycles. The topological polar surface area (TPSA) is 36.9 Å². The second-order valence-corrected chi connectivity index (χ2v) is 15.2. The first kappa shape index (κ1) is 34.8. The van der Waals surface area contributed by atoms with Crippen molar-refractivity contribution in [1.29, 1.82) is 0 Å². The van der Waals surface area contributed by atoms with Crippen molar-refractivity contribution in [1.82, 2.24) is 0 Å². The molecule has 244 valence electrons. The average molecular weight is 693 g/mol. The maximum atomic E-state index is 6.59. The fourth-order valence-electron chi connectivity index (χ4n) is 4.71. The third kappa shape index (κ3) is 8.88. The number of fused-ring (bicyclic) bond motifs is 8. The monoisotopic (exact) mass is 692 g/mol. The van der Waals surface area contributed by atoms with Gasteiger partial charge in [-0.3, -0.25) is 0 Å². The van der Waals surface area contributed by atoms with Gasteiger partial charge in [-0.1, -0.05) is 112 Å². The van der Waals surface area contributed by atoms with Crippen molar-refractivity contribution in [3.8, 4) is 23.0 Å². The molecular formula is C38H44O4S4. The molecule has 1 aliphatic heterocycles. The summed E-state index contributed by atoms with van der Waals surface area (Å²) in [5, 5.41) is 0. The number of hydrogen-bond donors (Lipinski definition) is 0. The molecule has 0 saturated carbocycles. The van der Waals surface area contributed by atoms with Crippen molar-refractivity contribution in [2.45, 2.75) is 105 Å². The smallest absolute Gasteiger partial charge is 0.147 e. The zero-order valence-corrected chi connectivity index (χ0v) is 30.5. The highest BCUT2D eigenvalue weighted by molar-refractivity contribution is 8.01. The summed E-state index contributed by atoms with van der Waals surface area (Å²) in [6.07, 6.45) is 6.00. The Kier molecular flexibility index (Phi) is 13.7. The van der Waals surface area contributed by atoms with Gasteiger partial charge in [0.05, 0.1) is 65.6 Å². The molecule has 4 nitrogen and oxygen atoms in total. The van der Waals surface area contributed by atoms with Gasteiger partial charge in [-0.2, -0.15) is 0 Å². The van der Waals surface area contributed by atoms with Gasteiger partial charge in [-0.05, 0) is 74.2 Å². The highest BCUT2D eigenvalue weighted by Gasteiger charge is 2.23. The van der Waals surface area contributed by atoms with Gasteiger partial charge in [-0.15, -0.1) is 0 Å². The summed E-state index contributed by atoms with van der Waals surface area (Å²) < 4.78 is 26.2. The molecule has 0 atom stereocenters. The predicted octanol–water partition coefficient (Wildman–Crippen LogP) is 12.5. The van der Waals surface area contributed by atoms with E-state index in [4.69, 9.17) is 18.9 Å². The SMILES string of the molecule is CCCCOc1c2cccc1Sc1cccc(c1OCCC)Sc1cccc(c1OCCCC)Sc1cccc(c1OCCC)S2. The number of hydrogen-bond acceptors (Lipinski definition) is 8. The molecule has 46 heavy (non-hydrogen) atoms. The molecule has 0 unspecified atom stereocenters. The summed E-state index contributed by atoms with van der Waals surface area (Å²) in [5.41, 5.74) is 0. The Bertz CT molecular complexity index is 1370. The first-order valence-electron chi connectivity index (χ1n) is 16.4. The van der Waals surface area contributed by atoms with Crippen LogP contribution in [0.15, 0.2) is 112 Å². The van der Waals surface area contributed by atoms with Crippen LogP contribution in [0.1, 0.15) is 66.2 Å². The van der Waals surface area contributed by atoms with Crippen molar-refractivity contribution in [3.63, 3.8) is 0 Å². The normalized spacial score (nSPS) is 12.4. The van der Waals surface area contributed by atoms with Crippen LogP contribution >= 0.6 is 47.0 Å². The van der Waals surface area contributed by atoms with E-state index in [0.717, 1.165) is 101 Å². The van der Waals surface area contributed by atoms with E-state index in [9.17, 15) is 0 Å². The lowest BCUT2D eigenvalue weighted by Gasteiger charge is -2.21. The van der Waals surface area contributed by atoms with E-state index in [1.165, 1.54) is 0 Å². The molecule has 8 heteroatoms. The van der Waals surface area contributed by atoms with Crippen molar-refractivity contribution < 1.29 is 18.9 Å². The standard InChI is InChI=1S/C38H44O4S4/c1-5-9-25-41-37-31-19-13-20-32(37)44-28-16-12-18-30(36(28)40-24-8-4)46-34-22-14-21-33(38(34)42-26-10-6-2)45-29-17-11-15-27(43-31)35(29)39-23-7-3/h11-22H,5-10,23-26H2,1-4H3. The highest BCUT2D eigenvalue weighted by Crippen LogP contribution is 2.53. The summed E-state index contributed by atoms with van der Waals surface area (Å²) in [6, 6.07) is 25.8. The van der Waals surface area contributed by atoms with Crippen LogP contribution in [0.4, 0.5) is 0 Å². The average Bonchev–Trinajstić information content (AvgIpc) is 3.06. The van der Waals surface area contributed by atoms with Crippen LogP contribution in [0.3, 0.4) is 0 Å². The van der Waals surface area contributed by atoms with E-state index in [2.05, 4.69) is 100 Å². The lowest BCUT2D eigenvalue weighted by atomic mass is 10.3. The van der Waals surface area contributed by atoms with E-state index in [-0.39, 0.29) is 0 Å². The van der Waals surface area contributed by atoms with Gasteiger partial charge in [0.25, 0.3) is 0 Å². The van der Waals surface area contributed by atoms with Gasteiger partial charge in [0.2, 0.25) is 0 Å². The molecule has 1 aliphatic rings. The van der Waals surface area contributed by atoms with Crippen LogP contribution in [-0.2, 0) is 0 Å². The van der Waals surface area contributed by atoms with Crippen molar-refractivity contribution in [3.05, 3.63) is 72.8 Å². The zero-order valence-electron chi connectivity index (χ0n) is 27.3. The molecule has 4 aromatic rings. The summed E-state index contributed by atoms with van der Waals surface area (Å²) >= 11 is 6.84. The number of para-hydroxylation sites is 4. The number of ether oxygens (including phenoxy) is 4. The summed E-state index contributed by atoms with van der Waals surface area (Å²) in [4.78, 5) is 8.57. The van der Waals surface area contributed by atoms with E-state index in [1.54, 1.807) is 47.0 Å². The minimum atomic E-state index is 0.645. The second-order valence-electron chi connectivity index (χ2n) is 10.8. The summed E-state index contributed by atoms with van der Waals surface area (Å²) in [5.74, 6) is 3.63. The Morgan fingerprint density at radius 2 is 0.587 bits per heavy atom. The number of rotatable bonds is 14. The fraction of sp³-hybridized carbons (Fsp3) is 0.368. The summed E-state index contributed by atoms with van der Waals surface area (Å²) in [6.45, 7) is 11.3. The van der Waals surface area contributed by atoms with Crippen LogP contribution in [-0.4, -0.2) is 26.4 Å². The van der Waals surface area contributed by atoms with Crippen molar-refractivity contribution >= 4 is 47.0 Å². The fourth-order valence-corrected chi connectivity index (χ4v) is 9.19. The van der Waals surface area contributed by atoms with E-state index in [0.29, 0.717) is 26.4 Å². The van der Waals surface area contributed by atoms with E-state index >= 15 is 0 Å². The van der Waals surface area contributed by atoms with Crippen molar-refractivity contribution in [2.75, 3.05) is 26.4 Å². The lowest BCUT2D eigenvalue weighted by Crippen LogP contribution is -2.02. The van der Waals surface area contributed by atoms with Gasteiger partial charge in [0.15, 0.2) is 0 Å². The Labute approximate surface area is 292 Å². The molecule has 0 saturated heterocycles.